The molecule has 0 N–H and O–H groups in total. The molecule has 0 radical (unpaired) electrons. The summed E-state index contributed by atoms with van der Waals surface area (Å²) in [7, 11) is 0. The van der Waals surface area contributed by atoms with Crippen LogP contribution in [0.5, 0.6) is 0 Å². The molecule has 0 bridgehead atoms. The van der Waals surface area contributed by atoms with Gasteiger partial charge in [0.25, 0.3) is 0 Å². The molecule has 2 atom stereocenters. The van der Waals surface area contributed by atoms with E-state index in [9.17, 15) is 4.79 Å². The summed E-state index contributed by atoms with van der Waals surface area (Å²) in [5.41, 5.74) is 0. The molecule has 0 aliphatic carbocycles. The highest BCUT2D eigenvalue weighted by Gasteiger charge is 2.21. The minimum atomic E-state index is -0.215. The molecule has 52 valence electrons. The molecule has 1 heterocycles. The number of thiol groups is 1. The Hall–Kier alpha value is -0.0200. The lowest BCUT2D eigenvalue weighted by atomic mass is 10.2. The second-order valence-electron chi connectivity index (χ2n) is 2.18. The first-order valence-corrected chi connectivity index (χ1v) is 3.61. The minimum absolute atomic E-state index is 0.0748. The van der Waals surface area contributed by atoms with E-state index < -0.39 is 0 Å². The van der Waals surface area contributed by atoms with Crippen LogP contribution in [-0.4, -0.2) is 24.2 Å². The number of ether oxygens (including phenoxy) is 1. The monoisotopic (exact) mass is 146 g/mol. The van der Waals surface area contributed by atoms with Crippen molar-refractivity contribution in [1.82, 2.24) is 0 Å². The van der Waals surface area contributed by atoms with E-state index in [4.69, 9.17) is 4.74 Å². The first-order chi connectivity index (χ1) is 4.34. The molecule has 0 saturated carbocycles. The highest BCUT2D eigenvalue weighted by molar-refractivity contribution is 7.81. The molecular formula is C6H10O2S. The third kappa shape index (κ3) is 1.69. The van der Waals surface area contributed by atoms with E-state index in [1.165, 1.54) is 0 Å². The fraction of sp³-hybridized carbons (Fsp3) is 0.833. The van der Waals surface area contributed by atoms with Crippen LogP contribution in [0.2, 0.25) is 0 Å². The topological polar surface area (TPSA) is 26.3 Å². The maximum absolute atomic E-state index is 10.1. The van der Waals surface area contributed by atoms with Gasteiger partial charge in [0.15, 0.2) is 0 Å². The van der Waals surface area contributed by atoms with E-state index in [0.717, 1.165) is 25.7 Å². The lowest BCUT2D eigenvalue weighted by Gasteiger charge is -2.09. The molecular weight excluding hydrogens is 136 g/mol. The Balaban J connectivity index is 2.32. The van der Waals surface area contributed by atoms with Crippen LogP contribution in [0.15, 0.2) is 0 Å². The first-order valence-electron chi connectivity index (χ1n) is 3.09. The van der Waals surface area contributed by atoms with E-state index in [-0.39, 0.29) is 11.4 Å². The van der Waals surface area contributed by atoms with Crippen molar-refractivity contribution < 1.29 is 9.53 Å². The Kier molecular flexibility index (Phi) is 2.54. The van der Waals surface area contributed by atoms with Crippen molar-refractivity contribution in [2.45, 2.75) is 24.2 Å². The summed E-state index contributed by atoms with van der Waals surface area (Å²) in [4.78, 5) is 10.1. The van der Waals surface area contributed by atoms with E-state index in [2.05, 4.69) is 12.6 Å². The van der Waals surface area contributed by atoms with Crippen molar-refractivity contribution in [3.63, 3.8) is 0 Å². The predicted molar refractivity (Wildman–Crippen MR) is 37.8 cm³/mol. The van der Waals surface area contributed by atoms with Crippen LogP contribution in [0.3, 0.4) is 0 Å². The standard InChI is InChI=1S/C6H10O2S/c7-4-6(9)5-2-1-3-8-5/h4-6,9H,1-3H2. The van der Waals surface area contributed by atoms with E-state index in [0.29, 0.717) is 0 Å². The van der Waals surface area contributed by atoms with Gasteiger partial charge in [-0.1, -0.05) is 0 Å². The zero-order chi connectivity index (χ0) is 6.69. The molecule has 1 saturated heterocycles. The molecule has 1 aliphatic heterocycles. The number of aldehydes is 1. The van der Waals surface area contributed by atoms with Crippen LogP contribution >= 0.6 is 12.6 Å². The number of hydrogen-bond donors (Lipinski definition) is 1. The van der Waals surface area contributed by atoms with Gasteiger partial charge in [0.1, 0.15) is 6.29 Å². The summed E-state index contributed by atoms with van der Waals surface area (Å²) in [6.07, 6.45) is 2.95. The van der Waals surface area contributed by atoms with Gasteiger partial charge < -0.3 is 9.53 Å². The second-order valence-corrected chi connectivity index (χ2v) is 2.77. The summed E-state index contributed by atoms with van der Waals surface area (Å²) in [6.45, 7) is 0.787. The van der Waals surface area contributed by atoms with Crippen LogP contribution in [0, 0.1) is 0 Å². The molecule has 0 amide bonds. The average Bonchev–Trinajstić information content (AvgIpc) is 2.37. The highest BCUT2D eigenvalue weighted by atomic mass is 32.1. The zero-order valence-corrected chi connectivity index (χ0v) is 6.01. The Labute approximate surface area is 60.0 Å². The summed E-state index contributed by atoms with van der Waals surface area (Å²) < 4.78 is 5.20. The minimum Gasteiger partial charge on any atom is -0.377 e. The van der Waals surface area contributed by atoms with Gasteiger partial charge in [-0.15, -0.1) is 0 Å². The van der Waals surface area contributed by atoms with E-state index >= 15 is 0 Å². The lowest BCUT2D eigenvalue weighted by Crippen LogP contribution is -2.20. The molecule has 0 aromatic carbocycles. The molecule has 1 fully saturated rings. The summed E-state index contributed by atoms with van der Waals surface area (Å²) in [5.74, 6) is 0. The Morgan fingerprint density at radius 3 is 3.00 bits per heavy atom. The normalized spacial score (nSPS) is 30.1. The number of hydrogen-bond acceptors (Lipinski definition) is 3. The van der Waals surface area contributed by atoms with E-state index in [1.54, 1.807) is 0 Å². The molecule has 1 rings (SSSR count). The highest BCUT2D eigenvalue weighted by Crippen LogP contribution is 2.17. The van der Waals surface area contributed by atoms with Crippen LogP contribution < -0.4 is 0 Å². The predicted octanol–water partition coefficient (Wildman–Crippen LogP) is 0.663. The lowest BCUT2D eigenvalue weighted by molar-refractivity contribution is -0.109. The Morgan fingerprint density at radius 1 is 1.78 bits per heavy atom. The van der Waals surface area contributed by atoms with Crippen molar-refractivity contribution in [2.75, 3.05) is 6.61 Å². The van der Waals surface area contributed by atoms with Crippen molar-refractivity contribution >= 4 is 18.9 Å². The van der Waals surface area contributed by atoms with Crippen LogP contribution in [0.25, 0.3) is 0 Å². The molecule has 1 aliphatic rings. The van der Waals surface area contributed by atoms with Gasteiger partial charge >= 0.3 is 0 Å². The van der Waals surface area contributed by atoms with Crippen molar-refractivity contribution in [2.24, 2.45) is 0 Å². The number of rotatable bonds is 2. The molecule has 0 aromatic heterocycles. The van der Waals surface area contributed by atoms with Gasteiger partial charge in [-0.2, -0.15) is 12.6 Å². The van der Waals surface area contributed by atoms with Gasteiger partial charge in [-0.05, 0) is 12.8 Å². The SMILES string of the molecule is O=CC(S)C1CCCO1. The number of carbonyl (C=O) groups is 1. The molecule has 2 unspecified atom stereocenters. The first kappa shape index (κ1) is 7.09. The third-order valence-electron chi connectivity index (χ3n) is 1.49. The summed E-state index contributed by atoms with van der Waals surface area (Å²) in [6, 6.07) is 0. The molecule has 0 spiro atoms. The molecule has 3 heteroatoms. The van der Waals surface area contributed by atoms with Gasteiger partial charge in [-0.3, -0.25) is 0 Å². The second kappa shape index (κ2) is 3.22. The fourth-order valence-electron chi connectivity index (χ4n) is 0.960. The quantitative estimate of drug-likeness (QED) is 0.457. The van der Waals surface area contributed by atoms with Gasteiger partial charge in [0.05, 0.1) is 11.4 Å². The average molecular weight is 146 g/mol. The maximum Gasteiger partial charge on any atom is 0.135 e. The molecule has 0 aromatic rings. The zero-order valence-electron chi connectivity index (χ0n) is 5.12. The molecule has 9 heavy (non-hydrogen) atoms. The van der Waals surface area contributed by atoms with Gasteiger partial charge in [0, 0.05) is 6.61 Å². The van der Waals surface area contributed by atoms with Crippen molar-refractivity contribution in [1.29, 1.82) is 0 Å². The smallest absolute Gasteiger partial charge is 0.135 e. The van der Waals surface area contributed by atoms with E-state index in [1.807, 2.05) is 0 Å². The Bertz CT molecular complexity index is 99.2. The van der Waals surface area contributed by atoms with Crippen LogP contribution in [0.4, 0.5) is 0 Å². The maximum atomic E-state index is 10.1. The summed E-state index contributed by atoms with van der Waals surface area (Å²) in [5, 5.41) is -0.215. The largest absolute Gasteiger partial charge is 0.377 e. The fourth-order valence-corrected chi connectivity index (χ4v) is 1.19. The summed E-state index contributed by atoms with van der Waals surface area (Å²) >= 11 is 4.03. The Morgan fingerprint density at radius 2 is 2.56 bits per heavy atom. The van der Waals surface area contributed by atoms with Gasteiger partial charge in [-0.25, -0.2) is 0 Å². The third-order valence-corrected chi connectivity index (χ3v) is 1.94. The molecule has 2 nitrogen and oxygen atoms in total. The van der Waals surface area contributed by atoms with Crippen LogP contribution in [0.1, 0.15) is 12.8 Å². The van der Waals surface area contributed by atoms with Gasteiger partial charge in [0.2, 0.25) is 0 Å². The van der Waals surface area contributed by atoms with Crippen molar-refractivity contribution in [3.05, 3.63) is 0 Å². The van der Waals surface area contributed by atoms with Crippen LogP contribution in [-0.2, 0) is 9.53 Å². The van der Waals surface area contributed by atoms with Crippen molar-refractivity contribution in [3.8, 4) is 0 Å². The number of carbonyl (C=O) groups excluding carboxylic acids is 1.